The van der Waals surface area contributed by atoms with Crippen molar-refractivity contribution < 1.29 is 39.5 Å². The maximum atomic E-state index is 13.3. The summed E-state index contributed by atoms with van der Waals surface area (Å²) in [6.07, 6.45) is 0. The number of benzene rings is 3. The molecule has 0 bridgehead atoms. The van der Waals surface area contributed by atoms with Gasteiger partial charge in [0.05, 0.1) is 46.8 Å². The van der Waals surface area contributed by atoms with Crippen LogP contribution in [-0.2, 0) is 29.9 Å². The fraction of sp³-hybridized carbons (Fsp3) is 0.240. The van der Waals surface area contributed by atoms with Crippen LogP contribution < -0.4 is 19.5 Å². The van der Waals surface area contributed by atoms with E-state index in [1.54, 1.807) is 0 Å². The first-order valence-corrected chi connectivity index (χ1v) is 17.0. The van der Waals surface area contributed by atoms with E-state index in [0.717, 1.165) is 4.31 Å². The van der Waals surface area contributed by atoms with Crippen LogP contribution in [0.4, 0.5) is 11.4 Å². The van der Waals surface area contributed by atoms with Gasteiger partial charge >= 0.3 is 0 Å². The Morgan fingerprint density at radius 2 is 1.39 bits per heavy atom. The Hall–Kier alpha value is -3.37. The zero-order valence-electron chi connectivity index (χ0n) is 21.8. The summed E-state index contributed by atoms with van der Waals surface area (Å²) >= 11 is 5.87. The highest BCUT2D eigenvalue weighted by Crippen LogP contribution is 2.35. The normalized spacial score (nSPS) is 15.6. The topological polar surface area (TPSA) is 165 Å². The van der Waals surface area contributed by atoms with Gasteiger partial charge in [0.1, 0.15) is 0 Å². The van der Waals surface area contributed by atoms with E-state index >= 15 is 0 Å². The van der Waals surface area contributed by atoms with Crippen molar-refractivity contribution in [1.82, 2.24) is 4.31 Å². The molecule has 2 N–H and O–H groups in total. The van der Waals surface area contributed by atoms with Crippen LogP contribution in [0, 0.1) is 0 Å². The van der Waals surface area contributed by atoms with Crippen LogP contribution in [0.3, 0.4) is 0 Å². The second kappa shape index (κ2) is 11.9. The van der Waals surface area contributed by atoms with E-state index in [2.05, 4.69) is 10.0 Å². The molecule has 41 heavy (non-hydrogen) atoms. The number of anilines is 2. The van der Waals surface area contributed by atoms with Crippen LogP contribution in [0.2, 0.25) is 5.02 Å². The first-order chi connectivity index (χ1) is 19.3. The number of methoxy groups -OCH3 is 2. The Labute approximate surface area is 243 Å². The third kappa shape index (κ3) is 6.93. The Balaban J connectivity index is 1.60. The lowest BCUT2D eigenvalue weighted by molar-refractivity contribution is 0.102. The van der Waals surface area contributed by atoms with Crippen LogP contribution in [0.25, 0.3) is 0 Å². The standard InChI is InChI=1S/C25H26ClN3O9S3/c1-37-23-15-21(22(16-24(23)38-2)28-40(33,34)19-7-3-17(26)4-8-19)25(30)27-18-5-9-20(10-6-18)41(35,36)29-11-13-39(31,32)14-12-29/h3-10,15-16,28H,11-14H2,1-2H3,(H,27,30). The van der Waals surface area contributed by atoms with Gasteiger partial charge in [-0.15, -0.1) is 0 Å². The Bertz CT molecular complexity index is 1760. The molecule has 0 radical (unpaired) electrons. The summed E-state index contributed by atoms with van der Waals surface area (Å²) in [7, 11) is -8.63. The molecule has 3 aromatic rings. The minimum absolute atomic E-state index is 0.0719. The first kappa shape index (κ1) is 30.6. The molecular weight excluding hydrogens is 618 g/mol. The van der Waals surface area contributed by atoms with Crippen LogP contribution >= 0.6 is 11.6 Å². The third-order valence-corrected chi connectivity index (χ3v) is 11.3. The SMILES string of the molecule is COc1cc(NS(=O)(=O)c2ccc(Cl)cc2)c(C(=O)Nc2ccc(S(=O)(=O)N3CCS(=O)(=O)CC3)cc2)cc1OC. The van der Waals surface area contributed by atoms with Crippen molar-refractivity contribution in [3.63, 3.8) is 0 Å². The molecule has 1 fully saturated rings. The van der Waals surface area contributed by atoms with Gasteiger partial charge in [-0.3, -0.25) is 9.52 Å². The number of carbonyl (C=O) groups excluding carboxylic acids is 1. The van der Waals surface area contributed by atoms with E-state index in [-0.39, 0.29) is 62.8 Å². The van der Waals surface area contributed by atoms with Crippen molar-refractivity contribution in [2.45, 2.75) is 9.79 Å². The molecule has 1 aliphatic rings. The number of hydrogen-bond acceptors (Lipinski definition) is 9. The fourth-order valence-corrected chi connectivity index (χ4v) is 8.03. The molecule has 12 nitrogen and oxygen atoms in total. The average molecular weight is 644 g/mol. The smallest absolute Gasteiger partial charge is 0.261 e. The number of sulfone groups is 1. The fourth-order valence-electron chi connectivity index (χ4n) is 3.96. The summed E-state index contributed by atoms with van der Waals surface area (Å²) in [6.45, 7) is -0.283. The lowest BCUT2D eigenvalue weighted by Gasteiger charge is -2.26. The Kier molecular flexibility index (Phi) is 8.84. The van der Waals surface area contributed by atoms with Crippen molar-refractivity contribution in [3.8, 4) is 11.5 Å². The van der Waals surface area contributed by atoms with Gasteiger partial charge in [-0.2, -0.15) is 4.31 Å². The van der Waals surface area contributed by atoms with E-state index in [4.69, 9.17) is 21.1 Å². The quantitative estimate of drug-likeness (QED) is 0.357. The van der Waals surface area contributed by atoms with Gasteiger partial charge in [0, 0.05) is 29.9 Å². The van der Waals surface area contributed by atoms with Crippen molar-refractivity contribution in [2.75, 3.05) is 48.9 Å². The van der Waals surface area contributed by atoms with Gasteiger partial charge in [0.25, 0.3) is 15.9 Å². The maximum Gasteiger partial charge on any atom is 0.261 e. The van der Waals surface area contributed by atoms with Crippen molar-refractivity contribution in [3.05, 3.63) is 71.2 Å². The molecule has 16 heteroatoms. The van der Waals surface area contributed by atoms with E-state index in [0.29, 0.717) is 5.02 Å². The second-order valence-corrected chi connectivity index (χ2v) is 15.2. The molecule has 1 aliphatic heterocycles. The average Bonchev–Trinajstić information content (AvgIpc) is 2.92. The molecule has 0 aliphatic carbocycles. The number of nitrogens with one attached hydrogen (secondary N) is 2. The van der Waals surface area contributed by atoms with Crippen LogP contribution in [0.1, 0.15) is 10.4 Å². The van der Waals surface area contributed by atoms with Crippen LogP contribution in [0.5, 0.6) is 11.5 Å². The van der Waals surface area contributed by atoms with E-state index in [1.165, 1.54) is 74.9 Å². The number of halogens is 1. The number of amides is 1. The Morgan fingerprint density at radius 1 is 0.854 bits per heavy atom. The summed E-state index contributed by atoms with van der Waals surface area (Å²) in [6, 6.07) is 13.3. The summed E-state index contributed by atoms with van der Waals surface area (Å²) in [5.41, 5.74) is 0.0113. The summed E-state index contributed by atoms with van der Waals surface area (Å²) in [5, 5.41) is 2.96. The van der Waals surface area contributed by atoms with Crippen molar-refractivity contribution >= 4 is 58.8 Å². The van der Waals surface area contributed by atoms with Gasteiger partial charge in [-0.1, -0.05) is 11.6 Å². The predicted molar refractivity (Wildman–Crippen MR) is 154 cm³/mol. The molecule has 1 amide bonds. The molecule has 220 valence electrons. The monoisotopic (exact) mass is 643 g/mol. The molecule has 0 aromatic heterocycles. The largest absolute Gasteiger partial charge is 0.493 e. The molecular formula is C25H26ClN3O9S3. The van der Waals surface area contributed by atoms with E-state index < -0.39 is 35.8 Å². The molecule has 0 spiro atoms. The van der Waals surface area contributed by atoms with Gasteiger partial charge in [0.15, 0.2) is 21.3 Å². The third-order valence-electron chi connectivity index (χ3n) is 6.19. The highest BCUT2D eigenvalue weighted by molar-refractivity contribution is 7.93. The second-order valence-electron chi connectivity index (χ2n) is 8.85. The molecule has 0 unspecified atom stereocenters. The highest BCUT2D eigenvalue weighted by atomic mass is 35.5. The molecule has 3 aromatic carbocycles. The van der Waals surface area contributed by atoms with E-state index in [9.17, 15) is 30.0 Å². The molecule has 1 heterocycles. The van der Waals surface area contributed by atoms with Gasteiger partial charge in [-0.05, 0) is 54.6 Å². The van der Waals surface area contributed by atoms with Gasteiger partial charge in [-0.25, -0.2) is 25.3 Å². The number of ether oxygens (including phenoxy) is 2. The Morgan fingerprint density at radius 3 is 1.95 bits per heavy atom. The number of hydrogen-bond donors (Lipinski definition) is 2. The number of carbonyl (C=O) groups is 1. The molecule has 4 rings (SSSR count). The first-order valence-electron chi connectivity index (χ1n) is 11.9. The molecule has 0 saturated carbocycles. The van der Waals surface area contributed by atoms with Crippen molar-refractivity contribution in [2.24, 2.45) is 0 Å². The van der Waals surface area contributed by atoms with E-state index in [1.807, 2.05) is 0 Å². The number of rotatable bonds is 9. The zero-order chi connectivity index (χ0) is 30.0. The molecule has 0 atom stereocenters. The lowest BCUT2D eigenvalue weighted by atomic mass is 10.1. The van der Waals surface area contributed by atoms with Crippen LogP contribution in [-0.4, -0.2) is 74.3 Å². The maximum absolute atomic E-state index is 13.3. The van der Waals surface area contributed by atoms with Gasteiger partial charge < -0.3 is 14.8 Å². The minimum atomic E-state index is -4.14. The lowest BCUT2D eigenvalue weighted by Crippen LogP contribution is -2.43. The number of sulfonamides is 2. The summed E-state index contributed by atoms with van der Waals surface area (Å²) < 4.78 is 89.3. The predicted octanol–water partition coefficient (Wildman–Crippen LogP) is 2.83. The number of nitrogens with zero attached hydrogens (tertiary/aromatic N) is 1. The summed E-state index contributed by atoms with van der Waals surface area (Å²) in [5.74, 6) is -0.905. The molecule has 1 saturated heterocycles. The van der Waals surface area contributed by atoms with Gasteiger partial charge in [0.2, 0.25) is 10.0 Å². The zero-order valence-corrected chi connectivity index (χ0v) is 25.0. The summed E-state index contributed by atoms with van der Waals surface area (Å²) in [4.78, 5) is 13.2. The van der Waals surface area contributed by atoms with Crippen molar-refractivity contribution in [1.29, 1.82) is 0 Å². The highest BCUT2D eigenvalue weighted by Gasteiger charge is 2.31. The van der Waals surface area contributed by atoms with Crippen LogP contribution in [0.15, 0.2) is 70.5 Å². The minimum Gasteiger partial charge on any atom is -0.493 e.